The minimum atomic E-state index is -3.30. The van der Waals surface area contributed by atoms with Gasteiger partial charge in [-0.2, -0.15) is 0 Å². The van der Waals surface area contributed by atoms with Crippen molar-refractivity contribution in [3.05, 3.63) is 66.2 Å². The number of halogens is 1. The van der Waals surface area contributed by atoms with Gasteiger partial charge in [-0.3, -0.25) is 4.99 Å². The smallest absolute Gasteiger partial charge is 0.191 e. The molecule has 7 heteroatoms. The van der Waals surface area contributed by atoms with Crippen LogP contribution < -0.4 is 10.6 Å². The molecule has 27 heavy (non-hydrogen) atoms. The predicted molar refractivity (Wildman–Crippen MR) is 123 cm³/mol. The normalized spacial score (nSPS) is 12.2. The predicted octanol–water partition coefficient (Wildman–Crippen LogP) is 3.22. The fourth-order valence-corrected chi connectivity index (χ4v) is 3.74. The van der Waals surface area contributed by atoms with Gasteiger partial charge in [-0.1, -0.05) is 62.4 Å². The van der Waals surface area contributed by atoms with Crippen molar-refractivity contribution in [3.63, 3.8) is 0 Å². The molecule has 0 bridgehead atoms. The third-order valence-corrected chi connectivity index (χ3v) is 5.97. The zero-order valence-electron chi connectivity index (χ0n) is 16.0. The molecule has 0 unspecified atom stereocenters. The highest BCUT2D eigenvalue weighted by Gasteiger charge is 2.20. The Bertz CT molecular complexity index is 823. The van der Waals surface area contributed by atoms with Crippen LogP contribution in [-0.2, 0) is 15.3 Å². The van der Waals surface area contributed by atoms with E-state index in [1.807, 2.05) is 18.2 Å². The molecule has 2 N–H and O–H groups in total. The quantitative estimate of drug-likeness (QED) is 0.347. The van der Waals surface area contributed by atoms with E-state index in [1.165, 1.54) is 5.56 Å². The van der Waals surface area contributed by atoms with Crippen LogP contribution in [0.3, 0.4) is 0 Å². The van der Waals surface area contributed by atoms with Gasteiger partial charge in [0, 0.05) is 25.6 Å². The minimum absolute atomic E-state index is 0. The van der Waals surface area contributed by atoms with Crippen LogP contribution >= 0.6 is 24.0 Å². The summed E-state index contributed by atoms with van der Waals surface area (Å²) in [6.45, 7) is 5.29. The largest absolute Gasteiger partial charge is 0.356 e. The molecular weight excluding hydrogens is 473 g/mol. The average molecular weight is 501 g/mol. The molecule has 0 aliphatic heterocycles. The van der Waals surface area contributed by atoms with E-state index in [2.05, 4.69) is 41.6 Å². The Morgan fingerprint density at radius 2 is 1.52 bits per heavy atom. The number of sulfone groups is 1. The molecule has 2 aromatic carbocycles. The number of hydrogen-bond acceptors (Lipinski definition) is 3. The monoisotopic (exact) mass is 501 g/mol. The molecule has 0 fully saturated rings. The van der Waals surface area contributed by atoms with E-state index >= 15 is 0 Å². The van der Waals surface area contributed by atoms with E-state index in [4.69, 9.17) is 0 Å². The molecule has 0 aromatic heterocycles. The first-order valence-corrected chi connectivity index (χ1v) is 10.3. The second-order valence-corrected chi connectivity index (χ2v) is 8.84. The Balaban J connectivity index is 0.00000364. The number of aliphatic imine (C=N–C) groups is 1. The number of rotatable bonds is 7. The number of hydrogen-bond donors (Lipinski definition) is 2. The lowest BCUT2D eigenvalue weighted by molar-refractivity contribution is 0.509. The van der Waals surface area contributed by atoms with Crippen LogP contribution in [0.4, 0.5) is 0 Å². The van der Waals surface area contributed by atoms with Gasteiger partial charge in [0.1, 0.15) is 0 Å². The molecule has 0 aliphatic carbocycles. The molecule has 0 amide bonds. The Kier molecular flexibility index (Phi) is 9.25. The number of nitrogens with zero attached hydrogens (tertiary/aromatic N) is 1. The Morgan fingerprint density at radius 3 is 2.07 bits per heavy atom. The maximum absolute atomic E-state index is 12.3. The lowest BCUT2D eigenvalue weighted by atomic mass is 9.85. The zero-order valence-corrected chi connectivity index (χ0v) is 19.1. The van der Waals surface area contributed by atoms with E-state index < -0.39 is 9.84 Å². The van der Waals surface area contributed by atoms with E-state index in [-0.39, 0.29) is 35.1 Å². The zero-order chi connectivity index (χ0) is 19.0. The molecule has 0 saturated heterocycles. The third-order valence-electron chi connectivity index (χ3n) is 4.24. The van der Waals surface area contributed by atoms with Gasteiger partial charge >= 0.3 is 0 Å². The van der Waals surface area contributed by atoms with Crippen LogP contribution in [0, 0.1) is 0 Å². The van der Waals surface area contributed by atoms with Crippen molar-refractivity contribution in [3.8, 4) is 0 Å². The molecule has 0 heterocycles. The fraction of sp³-hybridized carbons (Fsp3) is 0.350. The van der Waals surface area contributed by atoms with Gasteiger partial charge < -0.3 is 10.6 Å². The van der Waals surface area contributed by atoms with Crippen LogP contribution in [0.2, 0.25) is 0 Å². The standard InChI is InChI=1S/C20H27N3O2S.HI/c1-20(2,17-10-6-4-7-11-17)16-23-19(21-3)22-14-15-26(24,25)18-12-8-5-9-13-18;/h4-13H,14-16H2,1-3H3,(H2,21,22,23);1H. The summed E-state index contributed by atoms with van der Waals surface area (Å²) in [6.07, 6.45) is 0. The summed E-state index contributed by atoms with van der Waals surface area (Å²) >= 11 is 0. The van der Waals surface area contributed by atoms with Crippen LogP contribution in [-0.4, -0.2) is 40.3 Å². The Morgan fingerprint density at radius 1 is 0.963 bits per heavy atom. The molecule has 0 atom stereocenters. The third kappa shape index (κ3) is 7.14. The summed E-state index contributed by atoms with van der Waals surface area (Å²) in [5.41, 5.74) is 1.16. The van der Waals surface area contributed by atoms with Gasteiger partial charge in [0.05, 0.1) is 10.6 Å². The van der Waals surface area contributed by atoms with Crippen molar-refractivity contribution in [2.45, 2.75) is 24.2 Å². The summed E-state index contributed by atoms with van der Waals surface area (Å²) in [4.78, 5) is 4.52. The minimum Gasteiger partial charge on any atom is -0.356 e. The summed E-state index contributed by atoms with van der Waals surface area (Å²) in [5, 5.41) is 6.36. The first-order chi connectivity index (χ1) is 12.3. The van der Waals surface area contributed by atoms with Gasteiger partial charge in [-0.05, 0) is 17.7 Å². The summed E-state index contributed by atoms with van der Waals surface area (Å²) < 4.78 is 24.6. The SMILES string of the molecule is CN=C(NCCS(=O)(=O)c1ccccc1)NCC(C)(C)c1ccccc1.I. The van der Waals surface area contributed by atoms with Crippen LogP contribution in [0.15, 0.2) is 70.6 Å². The van der Waals surface area contributed by atoms with Crippen LogP contribution in [0.1, 0.15) is 19.4 Å². The van der Waals surface area contributed by atoms with Crippen LogP contribution in [0.5, 0.6) is 0 Å². The van der Waals surface area contributed by atoms with Gasteiger partial charge in [-0.25, -0.2) is 8.42 Å². The molecular formula is C20H28IN3O2S. The summed E-state index contributed by atoms with van der Waals surface area (Å²) in [5.74, 6) is 0.608. The number of guanidine groups is 1. The van der Waals surface area contributed by atoms with Gasteiger partial charge in [0.15, 0.2) is 15.8 Å². The molecule has 0 spiro atoms. The topological polar surface area (TPSA) is 70.6 Å². The Hall–Kier alpha value is -1.61. The fourth-order valence-electron chi connectivity index (χ4n) is 2.57. The molecule has 148 valence electrons. The molecule has 0 saturated carbocycles. The van der Waals surface area contributed by atoms with Crippen molar-refractivity contribution in [1.82, 2.24) is 10.6 Å². The van der Waals surface area contributed by atoms with Crippen molar-refractivity contribution in [1.29, 1.82) is 0 Å². The Labute approximate surface area is 179 Å². The van der Waals surface area contributed by atoms with E-state index in [0.29, 0.717) is 23.9 Å². The van der Waals surface area contributed by atoms with Gasteiger partial charge in [-0.15, -0.1) is 24.0 Å². The first-order valence-electron chi connectivity index (χ1n) is 8.63. The van der Waals surface area contributed by atoms with E-state index in [9.17, 15) is 8.42 Å². The van der Waals surface area contributed by atoms with Crippen molar-refractivity contribution < 1.29 is 8.42 Å². The van der Waals surface area contributed by atoms with E-state index in [1.54, 1.807) is 37.4 Å². The summed E-state index contributed by atoms with van der Waals surface area (Å²) in [6, 6.07) is 18.7. The lowest BCUT2D eigenvalue weighted by Gasteiger charge is -2.26. The highest BCUT2D eigenvalue weighted by Crippen LogP contribution is 2.21. The highest BCUT2D eigenvalue weighted by molar-refractivity contribution is 14.0. The molecule has 0 radical (unpaired) electrons. The van der Waals surface area contributed by atoms with Crippen molar-refractivity contribution >= 4 is 39.8 Å². The second kappa shape index (κ2) is 10.7. The van der Waals surface area contributed by atoms with Crippen LogP contribution in [0.25, 0.3) is 0 Å². The summed E-state index contributed by atoms with van der Waals surface area (Å²) in [7, 11) is -1.62. The molecule has 0 aliphatic rings. The first kappa shape index (κ1) is 23.4. The molecule has 2 aromatic rings. The number of benzene rings is 2. The highest BCUT2D eigenvalue weighted by atomic mass is 127. The molecule has 5 nitrogen and oxygen atoms in total. The lowest BCUT2D eigenvalue weighted by Crippen LogP contribution is -2.44. The van der Waals surface area contributed by atoms with Crippen molar-refractivity contribution in [2.24, 2.45) is 4.99 Å². The van der Waals surface area contributed by atoms with Crippen molar-refractivity contribution in [2.75, 3.05) is 25.9 Å². The second-order valence-electron chi connectivity index (χ2n) is 6.73. The van der Waals surface area contributed by atoms with E-state index in [0.717, 1.165) is 0 Å². The van der Waals surface area contributed by atoms with Gasteiger partial charge in [0.25, 0.3) is 0 Å². The maximum atomic E-state index is 12.3. The molecule has 2 rings (SSSR count). The van der Waals surface area contributed by atoms with Gasteiger partial charge in [0.2, 0.25) is 0 Å². The maximum Gasteiger partial charge on any atom is 0.191 e. The average Bonchev–Trinajstić information content (AvgIpc) is 2.66. The number of nitrogens with one attached hydrogen (secondary N) is 2.